The molecule has 0 radical (unpaired) electrons. The normalized spacial score (nSPS) is 14.0. The molecule has 0 aromatic carbocycles. The second-order valence-corrected chi connectivity index (χ2v) is 3.60. The largest absolute Gasteiger partial charge is 0.265 e. The molecule has 0 saturated carbocycles. The maximum Gasteiger partial charge on any atom is 0.0262 e. The van der Waals surface area contributed by atoms with Crippen LogP contribution >= 0.6 is 0 Å². The first-order chi connectivity index (χ1) is 4.98. The third kappa shape index (κ3) is 4.54. The van der Waals surface area contributed by atoms with Gasteiger partial charge in [0.2, 0.25) is 0 Å². The second-order valence-electron chi connectivity index (χ2n) is 3.60. The summed E-state index contributed by atoms with van der Waals surface area (Å²) in [6.45, 7) is 12.1. The van der Waals surface area contributed by atoms with Crippen molar-refractivity contribution in [2.45, 2.75) is 27.7 Å². The summed E-state index contributed by atoms with van der Waals surface area (Å²) in [6.07, 6.45) is 5.24. The molecule has 0 aliphatic rings. The molecule has 0 saturated heterocycles. The molecule has 62 valence electrons. The summed E-state index contributed by atoms with van der Waals surface area (Å²) in [4.78, 5) is 4.05. The van der Waals surface area contributed by atoms with Gasteiger partial charge in [-0.1, -0.05) is 33.4 Å². The van der Waals surface area contributed by atoms with E-state index in [0.29, 0.717) is 0 Å². The first-order valence-electron chi connectivity index (χ1n) is 3.80. The van der Waals surface area contributed by atoms with E-state index in [9.17, 15) is 0 Å². The van der Waals surface area contributed by atoms with Gasteiger partial charge in [0.15, 0.2) is 0 Å². The van der Waals surface area contributed by atoms with Crippen LogP contribution in [0.25, 0.3) is 0 Å². The lowest BCUT2D eigenvalue weighted by atomic mass is 9.88. The van der Waals surface area contributed by atoms with Crippen molar-refractivity contribution in [2.24, 2.45) is 10.4 Å². The van der Waals surface area contributed by atoms with E-state index in [-0.39, 0.29) is 5.41 Å². The Morgan fingerprint density at radius 2 is 1.91 bits per heavy atom. The Morgan fingerprint density at radius 3 is 2.27 bits per heavy atom. The molecule has 0 bridgehead atoms. The smallest absolute Gasteiger partial charge is 0.0262 e. The first-order valence-corrected chi connectivity index (χ1v) is 3.80. The summed E-state index contributed by atoms with van der Waals surface area (Å²) in [5, 5.41) is 0. The number of nitrogens with zero attached hydrogens (tertiary/aromatic N) is 1. The van der Waals surface area contributed by atoms with Gasteiger partial charge in [0.25, 0.3) is 0 Å². The van der Waals surface area contributed by atoms with E-state index in [4.69, 9.17) is 0 Å². The Morgan fingerprint density at radius 1 is 1.36 bits per heavy atom. The highest BCUT2D eigenvalue weighted by Gasteiger charge is 2.11. The SMILES string of the molecule is C=C/C=N/C=C(\C)C(C)(C)C. The Bertz CT molecular complexity index is 180. The van der Waals surface area contributed by atoms with E-state index in [1.807, 2.05) is 6.20 Å². The predicted octanol–water partition coefficient (Wildman–Crippen LogP) is 3.19. The van der Waals surface area contributed by atoms with Crippen molar-refractivity contribution in [1.29, 1.82) is 0 Å². The Hall–Kier alpha value is -0.850. The summed E-state index contributed by atoms with van der Waals surface area (Å²) >= 11 is 0. The van der Waals surface area contributed by atoms with Gasteiger partial charge in [-0.15, -0.1) is 0 Å². The zero-order valence-corrected chi connectivity index (χ0v) is 7.89. The van der Waals surface area contributed by atoms with Gasteiger partial charge in [0, 0.05) is 12.4 Å². The van der Waals surface area contributed by atoms with E-state index >= 15 is 0 Å². The van der Waals surface area contributed by atoms with Crippen LogP contribution in [0, 0.1) is 5.41 Å². The van der Waals surface area contributed by atoms with Crippen LogP contribution < -0.4 is 0 Å². The molecule has 0 N–H and O–H groups in total. The van der Waals surface area contributed by atoms with E-state index in [2.05, 4.69) is 39.3 Å². The lowest BCUT2D eigenvalue weighted by Crippen LogP contribution is -2.05. The van der Waals surface area contributed by atoms with Crippen molar-refractivity contribution in [3.8, 4) is 0 Å². The monoisotopic (exact) mass is 151 g/mol. The molecule has 1 nitrogen and oxygen atoms in total. The van der Waals surface area contributed by atoms with Crippen LogP contribution in [0.1, 0.15) is 27.7 Å². The van der Waals surface area contributed by atoms with E-state index in [1.54, 1.807) is 12.3 Å². The van der Waals surface area contributed by atoms with Crippen LogP contribution in [-0.4, -0.2) is 6.21 Å². The standard InChI is InChI=1S/C10H17N/c1-6-7-11-8-9(2)10(3,4)5/h6-8H,1H2,2-5H3/b9-8+,11-7+. The van der Waals surface area contributed by atoms with Crippen LogP contribution in [-0.2, 0) is 0 Å². The molecule has 1 heteroatoms. The lowest BCUT2D eigenvalue weighted by molar-refractivity contribution is 0.503. The van der Waals surface area contributed by atoms with Crippen LogP contribution in [0.2, 0.25) is 0 Å². The van der Waals surface area contributed by atoms with Crippen LogP contribution in [0.5, 0.6) is 0 Å². The minimum atomic E-state index is 0.221. The second kappa shape index (κ2) is 4.12. The summed E-state index contributed by atoms with van der Waals surface area (Å²) in [5.74, 6) is 0. The predicted molar refractivity (Wildman–Crippen MR) is 51.9 cm³/mol. The summed E-state index contributed by atoms with van der Waals surface area (Å²) in [7, 11) is 0. The molecule has 0 fully saturated rings. The van der Waals surface area contributed by atoms with Gasteiger partial charge in [-0.05, 0) is 17.9 Å². The van der Waals surface area contributed by atoms with Gasteiger partial charge in [0.1, 0.15) is 0 Å². The van der Waals surface area contributed by atoms with Crippen LogP contribution in [0.3, 0.4) is 0 Å². The molecule has 0 aliphatic carbocycles. The zero-order valence-electron chi connectivity index (χ0n) is 7.89. The fourth-order valence-corrected chi connectivity index (χ4v) is 0.409. The van der Waals surface area contributed by atoms with Crippen LogP contribution in [0.4, 0.5) is 0 Å². The fourth-order valence-electron chi connectivity index (χ4n) is 0.409. The Labute approximate surface area is 69.5 Å². The molecule has 0 rings (SSSR count). The Kier molecular flexibility index (Phi) is 3.80. The lowest BCUT2D eigenvalue weighted by Gasteiger charge is -2.17. The van der Waals surface area contributed by atoms with Crippen molar-refractivity contribution in [2.75, 3.05) is 0 Å². The van der Waals surface area contributed by atoms with Gasteiger partial charge in [-0.2, -0.15) is 0 Å². The summed E-state index contributed by atoms with van der Waals surface area (Å²) in [5.41, 5.74) is 1.49. The van der Waals surface area contributed by atoms with E-state index < -0.39 is 0 Å². The summed E-state index contributed by atoms with van der Waals surface area (Å²) < 4.78 is 0. The van der Waals surface area contributed by atoms with E-state index in [0.717, 1.165) is 0 Å². The van der Waals surface area contributed by atoms with Gasteiger partial charge in [0.05, 0.1) is 0 Å². The number of rotatable bonds is 2. The number of allylic oxidation sites excluding steroid dienone is 2. The quantitative estimate of drug-likeness (QED) is 0.537. The van der Waals surface area contributed by atoms with Gasteiger partial charge in [-0.3, -0.25) is 4.99 Å². The number of hydrogen-bond acceptors (Lipinski definition) is 1. The van der Waals surface area contributed by atoms with Crippen molar-refractivity contribution in [3.63, 3.8) is 0 Å². The number of hydrogen-bond donors (Lipinski definition) is 0. The van der Waals surface area contributed by atoms with Gasteiger partial charge in [-0.25, -0.2) is 0 Å². The zero-order chi connectivity index (χ0) is 8.91. The topological polar surface area (TPSA) is 12.4 Å². The molecule has 0 aromatic rings. The molecule has 0 aromatic heterocycles. The third-order valence-electron chi connectivity index (χ3n) is 1.64. The maximum absolute atomic E-state index is 4.05. The number of aliphatic imine (C=N–C) groups is 1. The van der Waals surface area contributed by atoms with E-state index in [1.165, 1.54) is 5.57 Å². The van der Waals surface area contributed by atoms with Gasteiger partial charge >= 0.3 is 0 Å². The Balaban J connectivity index is 4.23. The highest BCUT2D eigenvalue weighted by atomic mass is 14.7. The highest BCUT2D eigenvalue weighted by Crippen LogP contribution is 2.23. The van der Waals surface area contributed by atoms with Crippen molar-refractivity contribution in [3.05, 3.63) is 24.4 Å². The van der Waals surface area contributed by atoms with Crippen molar-refractivity contribution in [1.82, 2.24) is 0 Å². The van der Waals surface area contributed by atoms with Gasteiger partial charge < -0.3 is 0 Å². The van der Waals surface area contributed by atoms with Crippen LogP contribution in [0.15, 0.2) is 29.4 Å². The molecule has 0 spiro atoms. The molecular weight excluding hydrogens is 134 g/mol. The average molecular weight is 151 g/mol. The first kappa shape index (κ1) is 10.2. The van der Waals surface area contributed by atoms with Crippen molar-refractivity contribution < 1.29 is 0 Å². The van der Waals surface area contributed by atoms with Crippen molar-refractivity contribution >= 4 is 6.21 Å². The minimum Gasteiger partial charge on any atom is -0.265 e. The minimum absolute atomic E-state index is 0.221. The molecule has 0 heterocycles. The average Bonchev–Trinajstić information content (AvgIpc) is 1.86. The third-order valence-corrected chi connectivity index (χ3v) is 1.64. The molecule has 0 unspecified atom stereocenters. The molecule has 0 aliphatic heterocycles. The fraction of sp³-hybridized carbons (Fsp3) is 0.500. The highest BCUT2D eigenvalue weighted by molar-refractivity contribution is 5.70. The molecule has 11 heavy (non-hydrogen) atoms. The molecule has 0 atom stereocenters. The summed E-state index contributed by atoms with van der Waals surface area (Å²) in [6, 6.07) is 0. The molecule has 0 amide bonds. The maximum atomic E-state index is 4.05. The molecular formula is C10H17N.